The number of hydrogen-bond acceptors (Lipinski definition) is 2. The van der Waals surface area contributed by atoms with Gasteiger partial charge in [-0.3, -0.25) is 4.99 Å². The molecule has 4 nitrogen and oxygen atoms in total. The lowest BCUT2D eigenvalue weighted by Crippen LogP contribution is -2.37. The summed E-state index contributed by atoms with van der Waals surface area (Å²) >= 11 is 0. The first-order chi connectivity index (χ1) is 11.7. The van der Waals surface area contributed by atoms with Gasteiger partial charge in [-0.25, -0.2) is 4.39 Å². The molecule has 0 atom stereocenters. The van der Waals surface area contributed by atoms with E-state index in [2.05, 4.69) is 27.8 Å². The maximum atomic E-state index is 13.1. The van der Waals surface area contributed by atoms with Crippen molar-refractivity contribution in [3.8, 4) is 0 Å². The molecule has 0 heterocycles. The number of nitrogens with one attached hydrogen (secondary N) is 2. The predicted octanol–water partition coefficient (Wildman–Crippen LogP) is 2.88. The Labute approximate surface area is 142 Å². The summed E-state index contributed by atoms with van der Waals surface area (Å²) in [5.74, 6) is 0.523. The van der Waals surface area contributed by atoms with Gasteiger partial charge in [0, 0.05) is 27.2 Å². The summed E-state index contributed by atoms with van der Waals surface area (Å²) in [6, 6.07) is 14.9. The van der Waals surface area contributed by atoms with Gasteiger partial charge in [0.1, 0.15) is 5.82 Å². The zero-order valence-electron chi connectivity index (χ0n) is 14.2. The fourth-order valence-corrected chi connectivity index (χ4v) is 2.42. The van der Waals surface area contributed by atoms with Gasteiger partial charge in [-0.2, -0.15) is 0 Å². The van der Waals surface area contributed by atoms with Crippen LogP contribution in [0.1, 0.15) is 16.7 Å². The number of aliphatic imine (C=N–C) groups is 1. The summed E-state index contributed by atoms with van der Waals surface area (Å²) in [7, 11) is 3.42. The Hall–Kier alpha value is -2.40. The smallest absolute Gasteiger partial charge is 0.191 e. The molecule has 0 bridgehead atoms. The first-order valence-electron chi connectivity index (χ1n) is 7.97. The van der Waals surface area contributed by atoms with Crippen LogP contribution in [0.2, 0.25) is 0 Å². The standard InChI is InChI=1S/C19H24FN3O/c1-21-19(22-10-9-15-5-4-8-18(20)12-15)23-13-16-6-3-7-17(11-16)14-24-2/h3-8,11-12H,9-10,13-14H2,1-2H3,(H2,21,22,23). The molecule has 24 heavy (non-hydrogen) atoms. The predicted molar refractivity (Wildman–Crippen MR) is 95.5 cm³/mol. The van der Waals surface area contributed by atoms with Gasteiger partial charge >= 0.3 is 0 Å². The molecule has 5 heteroatoms. The molecule has 128 valence electrons. The van der Waals surface area contributed by atoms with E-state index in [-0.39, 0.29) is 5.82 Å². The first kappa shape index (κ1) is 17.9. The summed E-state index contributed by atoms with van der Waals surface area (Å²) in [6.07, 6.45) is 0.738. The third-order valence-electron chi connectivity index (χ3n) is 3.58. The van der Waals surface area contributed by atoms with Crippen molar-refractivity contribution in [3.63, 3.8) is 0 Å². The Balaban J connectivity index is 1.79. The van der Waals surface area contributed by atoms with Crippen LogP contribution >= 0.6 is 0 Å². The lowest BCUT2D eigenvalue weighted by Gasteiger charge is -2.12. The molecule has 0 aliphatic heterocycles. The van der Waals surface area contributed by atoms with Gasteiger partial charge < -0.3 is 15.4 Å². The second-order valence-corrected chi connectivity index (χ2v) is 5.49. The molecular formula is C19H24FN3O. The maximum absolute atomic E-state index is 13.1. The van der Waals surface area contributed by atoms with E-state index in [9.17, 15) is 4.39 Å². The lowest BCUT2D eigenvalue weighted by atomic mass is 10.1. The molecule has 2 rings (SSSR count). The number of hydrogen-bond donors (Lipinski definition) is 2. The Bertz CT molecular complexity index is 673. The van der Waals surface area contributed by atoms with Crippen LogP contribution in [0, 0.1) is 5.82 Å². The molecule has 0 aliphatic rings. The van der Waals surface area contributed by atoms with Gasteiger partial charge in [0.05, 0.1) is 6.61 Å². The van der Waals surface area contributed by atoms with E-state index in [0.717, 1.165) is 29.1 Å². The number of rotatable bonds is 7. The molecule has 0 unspecified atom stereocenters. The zero-order chi connectivity index (χ0) is 17.2. The minimum absolute atomic E-state index is 0.203. The molecule has 0 saturated heterocycles. The number of guanidine groups is 1. The summed E-state index contributed by atoms with van der Waals surface area (Å²) < 4.78 is 18.3. The first-order valence-corrected chi connectivity index (χ1v) is 7.97. The van der Waals surface area contributed by atoms with Crippen molar-refractivity contribution in [2.45, 2.75) is 19.6 Å². The summed E-state index contributed by atoms with van der Waals surface area (Å²) in [5, 5.41) is 6.52. The molecule has 0 radical (unpaired) electrons. The molecule has 0 fully saturated rings. The van der Waals surface area contributed by atoms with E-state index in [1.807, 2.05) is 18.2 Å². The third kappa shape index (κ3) is 6.01. The van der Waals surface area contributed by atoms with Gasteiger partial charge in [-0.05, 0) is 35.2 Å². The maximum Gasteiger partial charge on any atom is 0.191 e. The summed E-state index contributed by atoms with van der Waals surface area (Å²) in [4.78, 5) is 4.21. The van der Waals surface area contributed by atoms with Crippen LogP contribution in [0.4, 0.5) is 4.39 Å². The molecule has 0 saturated carbocycles. The molecule has 2 aromatic rings. The van der Waals surface area contributed by atoms with Crippen LogP contribution in [-0.4, -0.2) is 26.7 Å². The van der Waals surface area contributed by atoms with Gasteiger partial charge in [0.25, 0.3) is 0 Å². The lowest BCUT2D eigenvalue weighted by molar-refractivity contribution is 0.185. The molecule has 0 aliphatic carbocycles. The number of ether oxygens (including phenoxy) is 1. The van der Waals surface area contributed by atoms with Crippen LogP contribution in [0.25, 0.3) is 0 Å². The third-order valence-corrected chi connectivity index (χ3v) is 3.58. The SMILES string of the molecule is CN=C(NCCc1cccc(F)c1)NCc1cccc(COC)c1. The van der Waals surface area contributed by atoms with Crippen molar-refractivity contribution in [3.05, 3.63) is 71.0 Å². The van der Waals surface area contributed by atoms with Crippen LogP contribution in [0.3, 0.4) is 0 Å². The summed E-state index contributed by atoms with van der Waals surface area (Å²) in [6.45, 7) is 1.97. The van der Waals surface area contributed by atoms with Crippen molar-refractivity contribution in [2.24, 2.45) is 4.99 Å². The second kappa shape index (κ2) is 9.67. The highest BCUT2D eigenvalue weighted by atomic mass is 19.1. The van der Waals surface area contributed by atoms with E-state index >= 15 is 0 Å². The fraction of sp³-hybridized carbons (Fsp3) is 0.316. The zero-order valence-corrected chi connectivity index (χ0v) is 14.2. The van der Waals surface area contributed by atoms with E-state index in [0.29, 0.717) is 19.7 Å². The van der Waals surface area contributed by atoms with Gasteiger partial charge in [0.15, 0.2) is 5.96 Å². The van der Waals surface area contributed by atoms with E-state index in [1.165, 1.54) is 6.07 Å². The minimum atomic E-state index is -0.203. The molecule has 0 spiro atoms. The van der Waals surface area contributed by atoms with Crippen molar-refractivity contribution in [1.29, 1.82) is 0 Å². The number of nitrogens with zero attached hydrogens (tertiary/aromatic N) is 1. The van der Waals surface area contributed by atoms with Crippen LogP contribution < -0.4 is 10.6 Å². The van der Waals surface area contributed by atoms with E-state index < -0.39 is 0 Å². The highest BCUT2D eigenvalue weighted by Crippen LogP contribution is 2.06. The average Bonchev–Trinajstić information content (AvgIpc) is 2.59. The van der Waals surface area contributed by atoms with Gasteiger partial charge in [-0.15, -0.1) is 0 Å². The Morgan fingerprint density at radius 1 is 1.04 bits per heavy atom. The minimum Gasteiger partial charge on any atom is -0.380 e. The number of methoxy groups -OCH3 is 1. The highest BCUT2D eigenvalue weighted by molar-refractivity contribution is 5.79. The monoisotopic (exact) mass is 329 g/mol. The summed E-state index contributed by atoms with van der Waals surface area (Å²) in [5.41, 5.74) is 3.27. The molecule has 2 aromatic carbocycles. The normalized spacial score (nSPS) is 11.4. The molecular weight excluding hydrogens is 305 g/mol. The quantitative estimate of drug-likeness (QED) is 0.606. The van der Waals surface area contributed by atoms with Gasteiger partial charge in [-0.1, -0.05) is 36.4 Å². The van der Waals surface area contributed by atoms with Crippen molar-refractivity contribution in [1.82, 2.24) is 10.6 Å². The van der Waals surface area contributed by atoms with Crippen molar-refractivity contribution in [2.75, 3.05) is 20.7 Å². The van der Waals surface area contributed by atoms with Crippen molar-refractivity contribution < 1.29 is 9.13 Å². The Morgan fingerprint density at radius 3 is 2.54 bits per heavy atom. The van der Waals surface area contributed by atoms with E-state index in [4.69, 9.17) is 4.74 Å². The van der Waals surface area contributed by atoms with Crippen molar-refractivity contribution >= 4 is 5.96 Å². The van der Waals surface area contributed by atoms with E-state index in [1.54, 1.807) is 26.3 Å². The molecule has 0 amide bonds. The molecule has 2 N–H and O–H groups in total. The van der Waals surface area contributed by atoms with Crippen LogP contribution in [0.5, 0.6) is 0 Å². The Kier molecular flexibility index (Phi) is 7.23. The second-order valence-electron chi connectivity index (χ2n) is 5.49. The topological polar surface area (TPSA) is 45.7 Å². The van der Waals surface area contributed by atoms with Crippen LogP contribution in [-0.2, 0) is 24.3 Å². The average molecular weight is 329 g/mol. The van der Waals surface area contributed by atoms with Gasteiger partial charge in [0.2, 0.25) is 0 Å². The molecule has 0 aromatic heterocycles. The largest absolute Gasteiger partial charge is 0.380 e. The van der Waals surface area contributed by atoms with Crippen LogP contribution in [0.15, 0.2) is 53.5 Å². The Morgan fingerprint density at radius 2 is 1.79 bits per heavy atom. The number of benzene rings is 2. The number of halogens is 1. The fourth-order valence-electron chi connectivity index (χ4n) is 2.42. The highest BCUT2D eigenvalue weighted by Gasteiger charge is 2.01.